The Morgan fingerprint density at radius 3 is 2.57 bits per heavy atom. The molecule has 0 heterocycles. The number of benzene rings is 1. The number of hydrogen-bond acceptors (Lipinski definition) is 3. The fourth-order valence-electron chi connectivity index (χ4n) is 1.36. The van der Waals surface area contributed by atoms with Crippen LogP contribution in [0.25, 0.3) is 0 Å². The summed E-state index contributed by atoms with van der Waals surface area (Å²) in [4.78, 5) is 11.4. The molecule has 76 valence electrons. The van der Waals surface area contributed by atoms with E-state index in [2.05, 4.69) is 20.7 Å². The van der Waals surface area contributed by atoms with Crippen molar-refractivity contribution >= 4 is 27.6 Å². The average Bonchev–Trinajstić information content (AvgIpc) is 2.14. The van der Waals surface area contributed by atoms with Crippen LogP contribution in [0.1, 0.15) is 21.5 Å². The monoisotopic (exact) mass is 257 g/mol. The molecule has 0 amide bonds. The van der Waals surface area contributed by atoms with Crippen LogP contribution >= 0.6 is 15.9 Å². The van der Waals surface area contributed by atoms with Crippen LogP contribution < -0.4 is 5.73 Å². The Hall–Kier alpha value is -1.03. The zero-order valence-electron chi connectivity index (χ0n) is 8.35. The van der Waals surface area contributed by atoms with E-state index in [0.717, 1.165) is 15.6 Å². The molecule has 0 saturated heterocycles. The van der Waals surface area contributed by atoms with E-state index in [1.807, 2.05) is 13.8 Å². The predicted molar refractivity (Wildman–Crippen MR) is 59.4 cm³/mol. The highest BCUT2D eigenvalue weighted by Gasteiger charge is 2.16. The van der Waals surface area contributed by atoms with Crippen molar-refractivity contribution in [3.8, 4) is 0 Å². The highest BCUT2D eigenvalue weighted by Crippen LogP contribution is 2.29. The molecule has 0 aliphatic rings. The summed E-state index contributed by atoms with van der Waals surface area (Å²) in [5, 5.41) is 0. The largest absolute Gasteiger partial charge is 0.465 e. The van der Waals surface area contributed by atoms with Crippen LogP contribution in [0.15, 0.2) is 10.5 Å². The van der Waals surface area contributed by atoms with Gasteiger partial charge < -0.3 is 10.5 Å². The van der Waals surface area contributed by atoms with Gasteiger partial charge in [-0.05, 0) is 31.0 Å². The number of rotatable bonds is 1. The van der Waals surface area contributed by atoms with Crippen molar-refractivity contribution < 1.29 is 9.53 Å². The molecule has 0 aliphatic heterocycles. The summed E-state index contributed by atoms with van der Waals surface area (Å²) in [5.74, 6) is -0.402. The summed E-state index contributed by atoms with van der Waals surface area (Å²) >= 11 is 3.40. The first-order valence-corrected chi connectivity index (χ1v) is 4.91. The number of esters is 1. The third kappa shape index (κ3) is 1.75. The van der Waals surface area contributed by atoms with E-state index in [0.29, 0.717) is 11.3 Å². The zero-order chi connectivity index (χ0) is 10.9. The number of anilines is 1. The molecule has 14 heavy (non-hydrogen) atoms. The summed E-state index contributed by atoms with van der Waals surface area (Å²) in [6.45, 7) is 3.76. The average molecular weight is 258 g/mol. The molecule has 0 aliphatic carbocycles. The van der Waals surface area contributed by atoms with Crippen LogP contribution in [0.2, 0.25) is 0 Å². The van der Waals surface area contributed by atoms with E-state index in [1.165, 1.54) is 7.11 Å². The summed E-state index contributed by atoms with van der Waals surface area (Å²) < 4.78 is 5.55. The maximum absolute atomic E-state index is 11.4. The Kier molecular flexibility index (Phi) is 3.16. The van der Waals surface area contributed by atoms with E-state index in [1.54, 1.807) is 6.07 Å². The molecule has 4 heteroatoms. The number of nitrogens with two attached hydrogens (primary N) is 1. The van der Waals surface area contributed by atoms with Crippen molar-refractivity contribution in [2.45, 2.75) is 13.8 Å². The summed E-state index contributed by atoms with van der Waals surface area (Å²) in [6, 6.07) is 1.75. The molecule has 0 bridgehead atoms. The van der Waals surface area contributed by atoms with Crippen molar-refractivity contribution in [2.75, 3.05) is 12.8 Å². The molecule has 1 aromatic carbocycles. The molecule has 0 saturated carbocycles. The van der Waals surface area contributed by atoms with Crippen LogP contribution in [0.3, 0.4) is 0 Å². The van der Waals surface area contributed by atoms with Crippen molar-refractivity contribution in [3.05, 3.63) is 27.2 Å². The Balaban J connectivity index is 3.44. The SMILES string of the molecule is COC(=O)c1c(N)cc(C)c(Br)c1C. The molecule has 0 atom stereocenters. The second kappa shape index (κ2) is 4.00. The third-order valence-corrected chi connectivity index (χ3v) is 3.32. The molecular weight excluding hydrogens is 246 g/mol. The maximum atomic E-state index is 11.4. The number of hydrogen-bond donors (Lipinski definition) is 1. The first-order valence-electron chi connectivity index (χ1n) is 4.12. The number of methoxy groups -OCH3 is 1. The van der Waals surface area contributed by atoms with Crippen molar-refractivity contribution in [1.82, 2.24) is 0 Å². The molecule has 0 radical (unpaired) electrons. The fraction of sp³-hybridized carbons (Fsp3) is 0.300. The smallest absolute Gasteiger partial charge is 0.340 e. The van der Waals surface area contributed by atoms with Crippen molar-refractivity contribution in [3.63, 3.8) is 0 Å². The highest BCUT2D eigenvalue weighted by atomic mass is 79.9. The molecule has 3 nitrogen and oxygen atoms in total. The minimum absolute atomic E-state index is 0.402. The summed E-state index contributed by atoms with van der Waals surface area (Å²) in [7, 11) is 1.34. The quantitative estimate of drug-likeness (QED) is 0.621. The number of nitrogen functional groups attached to an aromatic ring is 1. The first kappa shape index (κ1) is 11.0. The summed E-state index contributed by atoms with van der Waals surface area (Å²) in [6.07, 6.45) is 0. The van der Waals surface area contributed by atoms with Gasteiger partial charge in [-0.15, -0.1) is 0 Å². The standard InChI is InChI=1S/C10H12BrNO2/c1-5-4-7(12)8(10(13)14-3)6(2)9(5)11/h4H,12H2,1-3H3. The van der Waals surface area contributed by atoms with Gasteiger partial charge in [0.25, 0.3) is 0 Å². The van der Waals surface area contributed by atoms with E-state index < -0.39 is 5.97 Å². The molecule has 0 aromatic heterocycles. The van der Waals surface area contributed by atoms with Gasteiger partial charge >= 0.3 is 5.97 Å². The lowest BCUT2D eigenvalue weighted by Crippen LogP contribution is -2.09. The molecule has 0 unspecified atom stereocenters. The lowest BCUT2D eigenvalue weighted by molar-refractivity contribution is 0.0601. The van der Waals surface area contributed by atoms with Gasteiger partial charge in [0.15, 0.2) is 0 Å². The first-order chi connectivity index (χ1) is 6.49. The maximum Gasteiger partial charge on any atom is 0.340 e. The molecule has 0 fully saturated rings. The number of carbonyl (C=O) groups excluding carboxylic acids is 1. The van der Waals surface area contributed by atoms with E-state index in [4.69, 9.17) is 5.73 Å². The Morgan fingerprint density at radius 2 is 2.07 bits per heavy atom. The molecule has 0 spiro atoms. The number of halogens is 1. The van der Waals surface area contributed by atoms with Crippen LogP contribution in [0, 0.1) is 13.8 Å². The van der Waals surface area contributed by atoms with Gasteiger partial charge in [-0.3, -0.25) is 0 Å². The van der Waals surface area contributed by atoms with Crippen molar-refractivity contribution in [1.29, 1.82) is 0 Å². The van der Waals surface area contributed by atoms with Crippen LogP contribution in [-0.2, 0) is 4.74 Å². The topological polar surface area (TPSA) is 52.3 Å². The molecule has 2 N–H and O–H groups in total. The van der Waals surface area contributed by atoms with E-state index >= 15 is 0 Å². The zero-order valence-corrected chi connectivity index (χ0v) is 9.94. The lowest BCUT2D eigenvalue weighted by Gasteiger charge is -2.11. The third-order valence-electron chi connectivity index (χ3n) is 2.10. The Labute approximate surface area is 91.4 Å². The van der Waals surface area contributed by atoms with E-state index in [9.17, 15) is 4.79 Å². The van der Waals surface area contributed by atoms with Gasteiger partial charge in [0, 0.05) is 10.2 Å². The van der Waals surface area contributed by atoms with Gasteiger partial charge in [-0.25, -0.2) is 4.79 Å². The van der Waals surface area contributed by atoms with E-state index in [-0.39, 0.29) is 0 Å². The summed E-state index contributed by atoms with van der Waals surface area (Å²) in [5.41, 5.74) is 8.46. The van der Waals surface area contributed by atoms with Gasteiger partial charge in [-0.1, -0.05) is 15.9 Å². The molecular formula is C10H12BrNO2. The van der Waals surface area contributed by atoms with Crippen LogP contribution in [-0.4, -0.2) is 13.1 Å². The van der Waals surface area contributed by atoms with Gasteiger partial charge in [0.1, 0.15) is 0 Å². The lowest BCUT2D eigenvalue weighted by atomic mass is 10.0. The Bertz CT molecular complexity index is 388. The normalized spacial score (nSPS) is 10.0. The number of carbonyl (C=O) groups is 1. The molecule has 1 rings (SSSR count). The Morgan fingerprint density at radius 1 is 1.50 bits per heavy atom. The number of aryl methyl sites for hydroxylation is 1. The molecule has 1 aromatic rings. The predicted octanol–water partition coefficient (Wildman–Crippen LogP) is 2.43. The minimum atomic E-state index is -0.402. The highest BCUT2D eigenvalue weighted by molar-refractivity contribution is 9.10. The van der Waals surface area contributed by atoms with Gasteiger partial charge in [0.2, 0.25) is 0 Å². The van der Waals surface area contributed by atoms with Crippen LogP contribution in [0.4, 0.5) is 5.69 Å². The van der Waals surface area contributed by atoms with Gasteiger partial charge in [-0.2, -0.15) is 0 Å². The second-order valence-electron chi connectivity index (χ2n) is 3.09. The van der Waals surface area contributed by atoms with Gasteiger partial charge in [0.05, 0.1) is 12.7 Å². The second-order valence-corrected chi connectivity index (χ2v) is 3.88. The minimum Gasteiger partial charge on any atom is -0.465 e. The fourth-order valence-corrected chi connectivity index (χ4v) is 1.68. The van der Waals surface area contributed by atoms with Crippen molar-refractivity contribution in [2.24, 2.45) is 0 Å². The number of ether oxygens (including phenoxy) is 1. The van der Waals surface area contributed by atoms with Crippen LogP contribution in [0.5, 0.6) is 0 Å².